The molecule has 2 unspecified atom stereocenters. The van der Waals surface area contributed by atoms with Crippen molar-refractivity contribution in [2.45, 2.75) is 33.2 Å². The average Bonchev–Trinajstić information content (AvgIpc) is 3.09. The summed E-state index contributed by atoms with van der Waals surface area (Å²) in [6.07, 6.45) is 5.28. The highest BCUT2D eigenvalue weighted by atomic mass is 127. The van der Waals surface area contributed by atoms with Gasteiger partial charge in [0.1, 0.15) is 13.1 Å². The first-order valence-electron chi connectivity index (χ1n) is 9.48. The van der Waals surface area contributed by atoms with Crippen molar-refractivity contribution in [2.75, 3.05) is 20.6 Å². The van der Waals surface area contributed by atoms with Crippen LogP contribution in [-0.4, -0.2) is 25.1 Å². The van der Waals surface area contributed by atoms with Crippen LogP contribution in [0, 0.1) is 17.3 Å². The molecule has 1 aromatic carbocycles. The number of nitrogens with zero attached hydrogens (tertiary/aromatic N) is 1. The highest BCUT2D eigenvalue weighted by Crippen LogP contribution is 2.59. The zero-order chi connectivity index (χ0) is 17.7. The van der Waals surface area contributed by atoms with Gasteiger partial charge in [-0.05, 0) is 63.6 Å². The number of fused-ring (bicyclic) bond motifs is 1. The molecule has 2 aromatic rings. The molecule has 0 aliphatic heterocycles. The second-order valence-corrected chi connectivity index (χ2v) is 10.1. The molecule has 140 valence electrons. The van der Waals surface area contributed by atoms with E-state index in [0.717, 1.165) is 22.9 Å². The first-order chi connectivity index (χ1) is 11.9. The molecular formula is C23H30INS. The molecule has 3 aliphatic carbocycles. The quantitative estimate of drug-likeness (QED) is 0.352. The van der Waals surface area contributed by atoms with Crippen molar-refractivity contribution in [3.8, 4) is 11.1 Å². The van der Waals surface area contributed by atoms with Crippen LogP contribution < -0.4 is 24.0 Å². The summed E-state index contributed by atoms with van der Waals surface area (Å²) in [5.41, 5.74) is 6.34. The molecule has 2 bridgehead atoms. The fourth-order valence-electron chi connectivity index (χ4n) is 4.93. The fraction of sp³-hybridized carbons (Fsp3) is 0.478. The number of halogens is 1. The van der Waals surface area contributed by atoms with Crippen molar-refractivity contribution in [3.63, 3.8) is 0 Å². The van der Waals surface area contributed by atoms with Gasteiger partial charge >= 0.3 is 0 Å². The summed E-state index contributed by atoms with van der Waals surface area (Å²) in [5.74, 6) is 1.76. The fourth-order valence-corrected chi connectivity index (χ4v) is 5.60. The van der Waals surface area contributed by atoms with Gasteiger partial charge in [0.15, 0.2) is 0 Å². The minimum absolute atomic E-state index is 0. The van der Waals surface area contributed by atoms with Gasteiger partial charge in [-0.15, -0.1) is 0 Å². The smallest absolute Gasteiger partial charge is 0.104 e. The largest absolute Gasteiger partial charge is 1.00 e. The Morgan fingerprint density at radius 1 is 1.04 bits per heavy atom. The highest BCUT2D eigenvalue weighted by Gasteiger charge is 2.52. The van der Waals surface area contributed by atoms with Crippen LogP contribution in [0.4, 0.5) is 0 Å². The second-order valence-electron chi connectivity index (χ2n) is 9.28. The molecule has 0 amide bonds. The lowest BCUT2D eigenvalue weighted by molar-refractivity contribution is -0.899. The minimum Gasteiger partial charge on any atom is -1.00 e. The molecule has 5 rings (SSSR count). The molecule has 1 nitrogen and oxygen atoms in total. The number of rotatable bonds is 5. The minimum atomic E-state index is 0. The van der Waals surface area contributed by atoms with Crippen molar-refractivity contribution >= 4 is 11.3 Å². The van der Waals surface area contributed by atoms with Gasteiger partial charge < -0.3 is 28.5 Å². The van der Waals surface area contributed by atoms with Gasteiger partial charge in [0, 0.05) is 5.56 Å². The Morgan fingerprint density at radius 3 is 2.35 bits per heavy atom. The zero-order valence-electron chi connectivity index (χ0n) is 16.3. The molecular weight excluding hydrogens is 449 g/mol. The molecule has 0 N–H and O–H groups in total. The summed E-state index contributed by atoms with van der Waals surface area (Å²) >= 11 is 1.76. The van der Waals surface area contributed by atoms with E-state index in [1.54, 1.807) is 16.9 Å². The van der Waals surface area contributed by atoms with Gasteiger partial charge in [-0.25, -0.2) is 0 Å². The van der Waals surface area contributed by atoms with Crippen molar-refractivity contribution in [1.29, 1.82) is 0 Å². The monoisotopic (exact) mass is 479 g/mol. The number of hydrogen-bond donors (Lipinski definition) is 0. The molecule has 1 heterocycles. The molecule has 2 atom stereocenters. The standard InChI is InChI=1S/C23H30NS.HI/c1-23(2)21-10-9-19(22(23)13-21)15-24(3,4)14-17-5-7-18(8-6-17)20-11-12-25-16-20;/h5-9,11-12,16,21-22H,10,13-15H2,1-4H3;1H/q+1;/p-1. The molecule has 3 heteroatoms. The Morgan fingerprint density at radius 2 is 1.77 bits per heavy atom. The summed E-state index contributed by atoms with van der Waals surface area (Å²) in [6.45, 7) is 7.23. The zero-order valence-corrected chi connectivity index (χ0v) is 19.3. The van der Waals surface area contributed by atoms with Gasteiger partial charge in [-0.3, -0.25) is 0 Å². The van der Waals surface area contributed by atoms with E-state index in [-0.39, 0.29) is 24.0 Å². The second kappa shape index (κ2) is 7.40. The van der Waals surface area contributed by atoms with E-state index in [9.17, 15) is 0 Å². The van der Waals surface area contributed by atoms with Gasteiger partial charge in [0.05, 0.1) is 14.1 Å². The molecule has 1 fully saturated rings. The predicted molar refractivity (Wildman–Crippen MR) is 109 cm³/mol. The normalized spacial score (nSPS) is 23.6. The van der Waals surface area contributed by atoms with Crippen molar-refractivity contribution in [1.82, 2.24) is 0 Å². The molecule has 0 radical (unpaired) electrons. The summed E-state index contributed by atoms with van der Waals surface area (Å²) in [7, 11) is 4.76. The Hall–Kier alpha value is -0.650. The van der Waals surface area contributed by atoms with Crippen molar-refractivity contribution in [3.05, 3.63) is 58.3 Å². The highest BCUT2D eigenvalue weighted by molar-refractivity contribution is 7.08. The van der Waals surface area contributed by atoms with Crippen LogP contribution in [0.1, 0.15) is 32.3 Å². The number of hydrogen-bond acceptors (Lipinski definition) is 1. The third-order valence-corrected chi connectivity index (χ3v) is 7.30. The van der Waals surface area contributed by atoms with E-state index in [2.05, 4.69) is 75.1 Å². The van der Waals surface area contributed by atoms with E-state index < -0.39 is 0 Å². The van der Waals surface area contributed by atoms with E-state index >= 15 is 0 Å². The summed E-state index contributed by atoms with van der Waals surface area (Å²) in [5, 5.41) is 4.37. The maximum Gasteiger partial charge on any atom is 0.104 e. The van der Waals surface area contributed by atoms with Gasteiger partial charge in [-0.2, -0.15) is 11.3 Å². The van der Waals surface area contributed by atoms with Gasteiger partial charge in [-0.1, -0.05) is 44.2 Å². The molecule has 0 spiro atoms. The van der Waals surface area contributed by atoms with E-state index in [0.29, 0.717) is 5.41 Å². The third kappa shape index (κ3) is 3.81. The molecule has 0 saturated heterocycles. The van der Waals surface area contributed by atoms with Gasteiger partial charge in [0.25, 0.3) is 0 Å². The lowest BCUT2D eigenvalue weighted by Crippen LogP contribution is -3.00. The van der Waals surface area contributed by atoms with Crippen LogP contribution in [0.15, 0.2) is 52.7 Å². The molecule has 1 saturated carbocycles. The number of benzene rings is 1. The maximum absolute atomic E-state index is 2.56. The number of quaternary nitrogens is 1. The summed E-state index contributed by atoms with van der Waals surface area (Å²) in [6, 6.07) is 11.4. The Labute approximate surface area is 179 Å². The Bertz CT molecular complexity index is 771. The van der Waals surface area contributed by atoms with Crippen molar-refractivity contribution in [2.24, 2.45) is 17.3 Å². The lowest BCUT2D eigenvalue weighted by atomic mass is 9.49. The Kier molecular flexibility index (Phi) is 5.72. The molecule has 3 aliphatic rings. The Balaban J connectivity index is 0.00000196. The average molecular weight is 479 g/mol. The lowest BCUT2D eigenvalue weighted by Gasteiger charge is -2.57. The van der Waals surface area contributed by atoms with Crippen molar-refractivity contribution < 1.29 is 28.5 Å². The van der Waals surface area contributed by atoms with Gasteiger partial charge in [0.2, 0.25) is 0 Å². The topological polar surface area (TPSA) is 0 Å². The van der Waals surface area contributed by atoms with E-state index in [1.807, 2.05) is 0 Å². The van der Waals surface area contributed by atoms with Crippen LogP contribution in [0.2, 0.25) is 0 Å². The van der Waals surface area contributed by atoms with Crippen LogP contribution in [-0.2, 0) is 6.54 Å². The SMILES string of the molecule is CC1(C)C2CC=C(C[N+](C)(C)Cc3ccc(-c4ccsc4)cc3)C1C2.[I-]. The van der Waals surface area contributed by atoms with Crippen LogP contribution in [0.5, 0.6) is 0 Å². The first-order valence-corrected chi connectivity index (χ1v) is 10.4. The third-order valence-electron chi connectivity index (χ3n) is 6.61. The predicted octanol–water partition coefficient (Wildman–Crippen LogP) is 2.99. The van der Waals surface area contributed by atoms with Crippen LogP contribution in [0.3, 0.4) is 0 Å². The number of thiophene rings is 1. The first kappa shape index (κ1) is 20.1. The van der Waals surface area contributed by atoms with E-state index in [4.69, 9.17) is 0 Å². The molecule has 26 heavy (non-hydrogen) atoms. The van der Waals surface area contributed by atoms with Crippen LogP contribution >= 0.6 is 11.3 Å². The van der Waals surface area contributed by atoms with Crippen LogP contribution in [0.25, 0.3) is 11.1 Å². The maximum atomic E-state index is 2.56. The summed E-state index contributed by atoms with van der Waals surface area (Å²) < 4.78 is 1.04. The number of likely N-dealkylation sites (N-methyl/N-ethyl adjacent to an activating group) is 1. The van der Waals surface area contributed by atoms with E-state index in [1.165, 1.54) is 36.1 Å². The molecule has 1 aromatic heterocycles. The number of allylic oxidation sites excluding steroid dienone is 1. The summed E-state index contributed by atoms with van der Waals surface area (Å²) in [4.78, 5) is 0.